The Bertz CT molecular complexity index is 997. The molecule has 2 aromatic heterocycles. The first-order valence-corrected chi connectivity index (χ1v) is 8.36. The van der Waals surface area contributed by atoms with E-state index in [-0.39, 0.29) is 5.69 Å². The molecule has 9 nitrogen and oxygen atoms in total. The smallest absolute Gasteiger partial charge is 0.477 e. The van der Waals surface area contributed by atoms with Crippen molar-refractivity contribution in [2.75, 3.05) is 0 Å². The summed E-state index contributed by atoms with van der Waals surface area (Å²) in [4.78, 5) is 23.2. The van der Waals surface area contributed by atoms with Crippen LogP contribution in [0.1, 0.15) is 28.7 Å². The maximum Gasteiger partial charge on any atom is 0.490 e. The number of aromatic amines is 1. The monoisotopic (exact) mass is 413 g/mol. The van der Waals surface area contributed by atoms with Crippen molar-refractivity contribution in [3.05, 3.63) is 47.4 Å². The molecule has 0 radical (unpaired) electrons. The first-order valence-electron chi connectivity index (χ1n) is 8.36. The summed E-state index contributed by atoms with van der Waals surface area (Å²) in [5.41, 5.74) is 2.64. The van der Waals surface area contributed by atoms with Gasteiger partial charge in [0.1, 0.15) is 5.69 Å². The molecule has 0 aliphatic rings. The number of rotatable bonds is 6. The molecule has 0 fully saturated rings. The third-order valence-corrected chi connectivity index (χ3v) is 3.79. The maximum absolute atomic E-state index is 11.4. The minimum Gasteiger partial charge on any atom is -0.477 e. The van der Waals surface area contributed by atoms with E-state index in [0.717, 1.165) is 28.7 Å². The second-order valence-electron chi connectivity index (χ2n) is 5.80. The second-order valence-corrected chi connectivity index (χ2v) is 5.80. The number of H-pyrrole nitrogens is 1. The van der Waals surface area contributed by atoms with Gasteiger partial charge in [0.05, 0.1) is 5.69 Å². The van der Waals surface area contributed by atoms with E-state index in [1.807, 2.05) is 37.4 Å². The Hall–Kier alpha value is -3.41. The molecule has 0 amide bonds. The molecule has 0 aliphatic carbocycles. The van der Waals surface area contributed by atoms with Gasteiger partial charge in [-0.15, -0.1) is 5.10 Å². The zero-order valence-electron chi connectivity index (χ0n) is 15.2. The summed E-state index contributed by atoms with van der Waals surface area (Å²) < 4.78 is 33.5. The van der Waals surface area contributed by atoms with Gasteiger partial charge < -0.3 is 20.5 Å². The lowest BCUT2D eigenvalue weighted by Crippen LogP contribution is -2.21. The summed E-state index contributed by atoms with van der Waals surface area (Å²) in [6.45, 7) is 3.76. The molecule has 0 atom stereocenters. The van der Waals surface area contributed by atoms with Crippen molar-refractivity contribution in [1.29, 1.82) is 0 Å². The van der Waals surface area contributed by atoms with E-state index in [0.29, 0.717) is 13.1 Å². The number of carboxylic acids is 2. The van der Waals surface area contributed by atoms with Crippen molar-refractivity contribution in [3.63, 3.8) is 0 Å². The number of alkyl halides is 3. The Morgan fingerprint density at radius 2 is 1.86 bits per heavy atom. The van der Waals surface area contributed by atoms with Crippen LogP contribution in [0, 0.1) is 0 Å². The normalized spacial score (nSPS) is 11.2. The first-order chi connectivity index (χ1) is 13.6. The standard InChI is InChI=1S/C15H17N5O2.C2HF3O2/c1-2-20-9-10(18-19-20)7-16-8-12-11-5-3-4-6-13(11)17-14(12)15(21)22;3-2(4,5)1(6)7/h3-6,9,16-17H,2,7-8H2,1H3,(H,21,22);(H,6,7). The average Bonchev–Trinajstić information content (AvgIpc) is 3.26. The van der Waals surface area contributed by atoms with E-state index in [9.17, 15) is 23.1 Å². The molecule has 1 aromatic carbocycles. The lowest BCUT2D eigenvalue weighted by molar-refractivity contribution is -0.192. The van der Waals surface area contributed by atoms with Crippen LogP contribution in [0.3, 0.4) is 0 Å². The molecule has 0 aliphatic heterocycles. The number of nitrogens with zero attached hydrogens (tertiary/aromatic N) is 3. The predicted octanol–water partition coefficient (Wildman–Crippen LogP) is 2.40. The van der Waals surface area contributed by atoms with Crippen molar-refractivity contribution in [2.24, 2.45) is 0 Å². The van der Waals surface area contributed by atoms with Gasteiger partial charge in [0, 0.05) is 42.3 Å². The maximum atomic E-state index is 11.4. The van der Waals surface area contributed by atoms with Gasteiger partial charge in [-0.1, -0.05) is 23.4 Å². The van der Waals surface area contributed by atoms with Crippen LogP contribution >= 0.6 is 0 Å². The average molecular weight is 413 g/mol. The van der Waals surface area contributed by atoms with Crippen LogP contribution in [-0.2, 0) is 24.4 Å². The van der Waals surface area contributed by atoms with E-state index >= 15 is 0 Å². The molecule has 156 valence electrons. The zero-order valence-corrected chi connectivity index (χ0v) is 15.2. The number of aryl methyl sites for hydroxylation is 1. The molecular formula is C17H18F3N5O4. The Labute approximate surface area is 162 Å². The Kier molecular flexibility index (Phi) is 6.93. The molecule has 3 aromatic rings. The van der Waals surface area contributed by atoms with Gasteiger partial charge in [0.15, 0.2) is 0 Å². The third kappa shape index (κ3) is 5.78. The molecule has 29 heavy (non-hydrogen) atoms. The number of carbonyl (C=O) groups is 2. The molecule has 3 rings (SSSR count). The van der Waals surface area contributed by atoms with Crippen molar-refractivity contribution in [1.82, 2.24) is 25.3 Å². The lowest BCUT2D eigenvalue weighted by atomic mass is 10.1. The summed E-state index contributed by atoms with van der Waals surface area (Å²) in [7, 11) is 0. The minimum atomic E-state index is -5.08. The van der Waals surface area contributed by atoms with Gasteiger partial charge in [-0.2, -0.15) is 13.2 Å². The number of hydrogen-bond donors (Lipinski definition) is 4. The van der Waals surface area contributed by atoms with Crippen LogP contribution in [0.4, 0.5) is 13.2 Å². The summed E-state index contributed by atoms with van der Waals surface area (Å²) in [5, 5.41) is 28.6. The lowest BCUT2D eigenvalue weighted by Gasteiger charge is -2.03. The molecule has 0 spiro atoms. The summed E-state index contributed by atoms with van der Waals surface area (Å²) in [5.74, 6) is -3.71. The van der Waals surface area contributed by atoms with Crippen molar-refractivity contribution >= 4 is 22.8 Å². The van der Waals surface area contributed by atoms with Crippen LogP contribution in [0.25, 0.3) is 10.9 Å². The number of hydrogen-bond acceptors (Lipinski definition) is 5. The third-order valence-electron chi connectivity index (χ3n) is 3.79. The molecular weight excluding hydrogens is 395 g/mol. The van der Waals surface area contributed by atoms with Crippen LogP contribution in [-0.4, -0.2) is 48.3 Å². The largest absolute Gasteiger partial charge is 0.490 e. The Balaban J connectivity index is 0.000000370. The number of para-hydroxylation sites is 1. The summed E-state index contributed by atoms with van der Waals surface area (Å²) >= 11 is 0. The number of aromatic carboxylic acids is 1. The van der Waals surface area contributed by atoms with E-state index in [1.165, 1.54) is 0 Å². The van der Waals surface area contributed by atoms with Crippen molar-refractivity contribution < 1.29 is 33.0 Å². The highest BCUT2D eigenvalue weighted by molar-refractivity contribution is 5.97. The molecule has 2 heterocycles. The Morgan fingerprint density at radius 1 is 1.21 bits per heavy atom. The molecule has 0 saturated carbocycles. The van der Waals surface area contributed by atoms with Gasteiger partial charge >= 0.3 is 18.1 Å². The quantitative estimate of drug-likeness (QED) is 0.488. The predicted molar refractivity (Wildman–Crippen MR) is 95.2 cm³/mol. The highest BCUT2D eigenvalue weighted by Crippen LogP contribution is 2.22. The van der Waals surface area contributed by atoms with Gasteiger partial charge in [0.25, 0.3) is 0 Å². The van der Waals surface area contributed by atoms with E-state index < -0.39 is 18.1 Å². The highest BCUT2D eigenvalue weighted by Gasteiger charge is 2.38. The number of carboxylic acid groups (broad SMARTS) is 2. The topological polar surface area (TPSA) is 133 Å². The van der Waals surface area contributed by atoms with Gasteiger partial charge in [-0.3, -0.25) is 4.68 Å². The zero-order chi connectivity index (χ0) is 21.6. The van der Waals surface area contributed by atoms with Gasteiger partial charge in [-0.25, -0.2) is 9.59 Å². The van der Waals surface area contributed by atoms with Crippen LogP contribution in [0.2, 0.25) is 0 Å². The van der Waals surface area contributed by atoms with Gasteiger partial charge in [0.2, 0.25) is 0 Å². The number of benzene rings is 1. The number of aromatic nitrogens is 4. The minimum absolute atomic E-state index is 0.228. The van der Waals surface area contributed by atoms with E-state index in [1.54, 1.807) is 4.68 Å². The SMILES string of the molecule is CCn1cc(CNCc2c(C(=O)O)[nH]c3ccccc23)nn1.O=C(O)C(F)(F)F. The van der Waals surface area contributed by atoms with Crippen molar-refractivity contribution in [2.45, 2.75) is 32.7 Å². The van der Waals surface area contributed by atoms with E-state index in [4.69, 9.17) is 9.90 Å². The number of aliphatic carboxylic acids is 1. The van der Waals surface area contributed by atoms with Crippen LogP contribution < -0.4 is 5.32 Å². The molecule has 0 saturated heterocycles. The molecule has 4 N–H and O–H groups in total. The second kappa shape index (κ2) is 9.19. The molecule has 0 bridgehead atoms. The van der Waals surface area contributed by atoms with Crippen LogP contribution in [0.15, 0.2) is 30.5 Å². The summed E-state index contributed by atoms with van der Waals surface area (Å²) in [6, 6.07) is 7.57. The first kappa shape index (κ1) is 21.9. The highest BCUT2D eigenvalue weighted by atomic mass is 19.4. The number of nitrogens with one attached hydrogen (secondary N) is 2. The number of halogens is 3. The van der Waals surface area contributed by atoms with E-state index in [2.05, 4.69) is 20.6 Å². The summed E-state index contributed by atoms with van der Waals surface area (Å²) in [6.07, 6.45) is -3.21. The van der Waals surface area contributed by atoms with Crippen LogP contribution in [0.5, 0.6) is 0 Å². The fourth-order valence-electron chi connectivity index (χ4n) is 2.46. The fourth-order valence-corrected chi connectivity index (χ4v) is 2.46. The Morgan fingerprint density at radius 3 is 2.41 bits per heavy atom. The molecule has 0 unspecified atom stereocenters. The number of fused-ring (bicyclic) bond motifs is 1. The fraction of sp³-hybridized carbons (Fsp3) is 0.294. The van der Waals surface area contributed by atoms with Crippen molar-refractivity contribution in [3.8, 4) is 0 Å². The van der Waals surface area contributed by atoms with Gasteiger partial charge in [-0.05, 0) is 13.0 Å². The molecule has 12 heteroatoms.